The maximum absolute atomic E-state index is 6.57. The average Bonchev–Trinajstić information content (AvgIpc) is 3.55. The summed E-state index contributed by atoms with van der Waals surface area (Å²) < 4.78 is 26.0. The van der Waals surface area contributed by atoms with Gasteiger partial charge in [0.25, 0.3) is 0 Å². The molecular formula is C52H101NO4. The molecule has 0 radical (unpaired) electrons. The van der Waals surface area contributed by atoms with E-state index in [9.17, 15) is 0 Å². The molecule has 1 N–H and O–H groups in total. The quantitative estimate of drug-likeness (QED) is 0.0667. The average molecular weight is 804 g/mol. The van der Waals surface area contributed by atoms with Crippen LogP contribution in [0.5, 0.6) is 23.3 Å². The molecule has 0 spiro atoms. The summed E-state index contributed by atoms with van der Waals surface area (Å²) in [5.41, 5.74) is 0. The number of unbranched alkanes of at least 4 members (excludes halogenated alkanes) is 36. The van der Waals surface area contributed by atoms with Crippen molar-refractivity contribution in [3.05, 3.63) is 0 Å². The molecule has 0 saturated heterocycles. The Morgan fingerprint density at radius 3 is 0.614 bits per heavy atom. The van der Waals surface area contributed by atoms with E-state index in [2.05, 4.69) is 32.7 Å². The van der Waals surface area contributed by atoms with Gasteiger partial charge in [0.2, 0.25) is 23.3 Å². The van der Waals surface area contributed by atoms with Gasteiger partial charge >= 0.3 is 0 Å². The van der Waals surface area contributed by atoms with Crippen LogP contribution in [0.1, 0.15) is 285 Å². The van der Waals surface area contributed by atoms with Crippen LogP contribution in [0.25, 0.3) is 0 Å². The Kier molecular flexibility index (Phi) is 41.3. The van der Waals surface area contributed by atoms with Gasteiger partial charge in [0.05, 0.1) is 26.4 Å². The Balaban J connectivity index is 2.74. The third-order valence-electron chi connectivity index (χ3n) is 11.8. The van der Waals surface area contributed by atoms with Crippen molar-refractivity contribution >= 4 is 0 Å². The summed E-state index contributed by atoms with van der Waals surface area (Å²) in [6.45, 7) is 12.0. The molecule has 0 fully saturated rings. The number of hydrogen-bond donors (Lipinski definition) is 1. The van der Waals surface area contributed by atoms with Crippen molar-refractivity contribution in [3.63, 3.8) is 0 Å². The van der Waals surface area contributed by atoms with Crippen LogP contribution < -0.4 is 18.9 Å². The normalized spacial score (nSPS) is 11.4. The van der Waals surface area contributed by atoms with Crippen LogP contribution in [-0.2, 0) is 0 Å². The molecule has 0 aliphatic heterocycles. The lowest BCUT2D eigenvalue weighted by Crippen LogP contribution is -2.04. The highest BCUT2D eigenvalue weighted by Crippen LogP contribution is 2.46. The molecule has 5 heteroatoms. The first-order chi connectivity index (χ1) is 28.3. The summed E-state index contributed by atoms with van der Waals surface area (Å²) in [5.74, 6) is 2.88. The molecule has 338 valence electrons. The summed E-state index contributed by atoms with van der Waals surface area (Å²) in [6.07, 6.45) is 52.8. The Hall–Kier alpha value is -1.52. The van der Waals surface area contributed by atoms with Gasteiger partial charge < -0.3 is 18.9 Å². The molecule has 0 amide bonds. The fourth-order valence-electron chi connectivity index (χ4n) is 7.94. The van der Waals surface area contributed by atoms with Crippen molar-refractivity contribution in [2.24, 2.45) is 0 Å². The van der Waals surface area contributed by atoms with E-state index in [1.54, 1.807) is 0 Å². The van der Waals surface area contributed by atoms with E-state index in [-0.39, 0.29) is 0 Å². The second kappa shape index (κ2) is 44.0. The minimum Gasteiger partial charge on any atom is -0.485 e. The summed E-state index contributed by atoms with van der Waals surface area (Å²) in [7, 11) is 0. The Bertz CT molecular complexity index is 846. The molecule has 57 heavy (non-hydrogen) atoms. The van der Waals surface area contributed by atoms with Gasteiger partial charge in [0.15, 0.2) is 0 Å². The molecule has 0 aliphatic rings. The Labute approximate surface area is 357 Å². The largest absolute Gasteiger partial charge is 0.485 e. The molecule has 0 unspecified atom stereocenters. The van der Waals surface area contributed by atoms with Crippen molar-refractivity contribution in [2.45, 2.75) is 285 Å². The lowest BCUT2D eigenvalue weighted by atomic mass is 10.1. The molecule has 0 atom stereocenters. The monoisotopic (exact) mass is 804 g/mol. The zero-order valence-corrected chi connectivity index (χ0v) is 39.2. The van der Waals surface area contributed by atoms with E-state index in [1.165, 1.54) is 231 Å². The Morgan fingerprint density at radius 1 is 0.228 bits per heavy atom. The highest BCUT2D eigenvalue weighted by molar-refractivity contribution is 5.56. The summed E-state index contributed by atoms with van der Waals surface area (Å²) >= 11 is 0. The number of aromatic amines is 1. The number of rotatable bonds is 48. The van der Waals surface area contributed by atoms with Crippen LogP contribution in [0, 0.1) is 0 Å². The van der Waals surface area contributed by atoms with E-state index in [0.717, 1.165) is 37.2 Å². The molecule has 1 aromatic heterocycles. The highest BCUT2D eigenvalue weighted by atomic mass is 16.6. The lowest BCUT2D eigenvalue weighted by molar-refractivity contribution is 0.230. The van der Waals surface area contributed by atoms with Crippen molar-refractivity contribution in [2.75, 3.05) is 26.4 Å². The number of aromatic nitrogens is 1. The zero-order chi connectivity index (χ0) is 41.0. The van der Waals surface area contributed by atoms with E-state index >= 15 is 0 Å². The van der Waals surface area contributed by atoms with Crippen molar-refractivity contribution in [1.82, 2.24) is 4.98 Å². The number of ether oxygens (including phenoxy) is 4. The number of H-pyrrole nitrogens is 1. The van der Waals surface area contributed by atoms with E-state index in [0.29, 0.717) is 38.2 Å². The molecule has 0 aliphatic carbocycles. The topological polar surface area (TPSA) is 52.7 Å². The van der Waals surface area contributed by atoms with Crippen LogP contribution in [0.4, 0.5) is 0 Å². The smallest absolute Gasteiger partial charge is 0.241 e. The first-order valence-electron chi connectivity index (χ1n) is 26.0. The second-order valence-electron chi connectivity index (χ2n) is 17.6. The fraction of sp³-hybridized carbons (Fsp3) is 0.923. The molecule has 5 nitrogen and oxygen atoms in total. The third-order valence-corrected chi connectivity index (χ3v) is 11.8. The molecule has 0 saturated carbocycles. The second-order valence-corrected chi connectivity index (χ2v) is 17.6. The maximum Gasteiger partial charge on any atom is 0.241 e. The van der Waals surface area contributed by atoms with Gasteiger partial charge in [-0.2, -0.15) is 0 Å². The maximum atomic E-state index is 6.57. The summed E-state index contributed by atoms with van der Waals surface area (Å²) in [6, 6.07) is 0. The van der Waals surface area contributed by atoms with Gasteiger partial charge in [-0.25, -0.2) is 0 Å². The summed E-state index contributed by atoms with van der Waals surface area (Å²) in [4.78, 5) is 3.51. The first-order valence-corrected chi connectivity index (χ1v) is 26.0. The number of nitrogens with one attached hydrogen (secondary N) is 1. The van der Waals surface area contributed by atoms with Gasteiger partial charge in [-0.3, -0.25) is 4.98 Å². The van der Waals surface area contributed by atoms with E-state index in [4.69, 9.17) is 18.9 Å². The third kappa shape index (κ3) is 34.0. The van der Waals surface area contributed by atoms with E-state index < -0.39 is 0 Å². The molecular weight excluding hydrogens is 703 g/mol. The predicted molar refractivity (Wildman–Crippen MR) is 250 cm³/mol. The molecule has 1 aromatic rings. The van der Waals surface area contributed by atoms with Gasteiger partial charge in [-0.05, 0) is 25.7 Å². The van der Waals surface area contributed by atoms with Gasteiger partial charge in [0.1, 0.15) is 0 Å². The van der Waals surface area contributed by atoms with E-state index in [1.807, 2.05) is 0 Å². The van der Waals surface area contributed by atoms with Crippen LogP contribution >= 0.6 is 0 Å². The van der Waals surface area contributed by atoms with Gasteiger partial charge in [0, 0.05) is 0 Å². The van der Waals surface area contributed by atoms with Crippen molar-refractivity contribution < 1.29 is 18.9 Å². The molecule has 1 heterocycles. The standard InChI is InChI=1S/C52H101NO4/c1-5-9-13-17-21-25-29-33-37-41-45-54-49-50(55-46-42-38-34-30-26-22-18-14-10-6-2)52(57-48-44-40-36-32-28-24-20-16-12-8-4)53-51(49)56-47-43-39-35-31-27-23-19-15-11-7-3/h53H,5-48H2,1-4H3. The first kappa shape index (κ1) is 53.5. The minimum absolute atomic E-state index is 0.690. The summed E-state index contributed by atoms with van der Waals surface area (Å²) in [5, 5.41) is 0. The lowest BCUT2D eigenvalue weighted by Gasteiger charge is -2.13. The predicted octanol–water partition coefficient (Wildman–Crippen LogP) is 18.2. The highest BCUT2D eigenvalue weighted by Gasteiger charge is 2.24. The zero-order valence-electron chi connectivity index (χ0n) is 39.2. The fourth-order valence-corrected chi connectivity index (χ4v) is 7.94. The number of hydrogen-bond acceptors (Lipinski definition) is 4. The minimum atomic E-state index is 0.690. The van der Waals surface area contributed by atoms with Crippen LogP contribution in [0.2, 0.25) is 0 Å². The van der Waals surface area contributed by atoms with Crippen molar-refractivity contribution in [1.29, 1.82) is 0 Å². The van der Waals surface area contributed by atoms with Crippen molar-refractivity contribution in [3.8, 4) is 23.3 Å². The van der Waals surface area contributed by atoms with Crippen LogP contribution in [0.15, 0.2) is 0 Å². The Morgan fingerprint density at radius 2 is 0.404 bits per heavy atom. The SMILES string of the molecule is CCCCCCCCCCCCOc1[nH]c(OCCCCCCCCCCCC)c(OCCCCCCCCCCCC)c1OCCCCCCCCCCCC. The van der Waals surface area contributed by atoms with Gasteiger partial charge in [-0.15, -0.1) is 0 Å². The van der Waals surface area contributed by atoms with Gasteiger partial charge in [-0.1, -0.05) is 259 Å². The molecule has 1 rings (SSSR count). The molecule has 0 bridgehead atoms. The van der Waals surface area contributed by atoms with Crippen LogP contribution in [0.3, 0.4) is 0 Å². The molecule has 0 aromatic carbocycles. The van der Waals surface area contributed by atoms with Crippen LogP contribution in [-0.4, -0.2) is 31.4 Å².